The molecule has 0 unspecified atom stereocenters. The average molecular weight is 266 g/mol. The number of hydrogen-bond acceptors (Lipinski definition) is 2. The van der Waals surface area contributed by atoms with Gasteiger partial charge in [0.1, 0.15) is 11.4 Å². The van der Waals surface area contributed by atoms with Gasteiger partial charge in [0, 0.05) is 11.1 Å². The van der Waals surface area contributed by atoms with Gasteiger partial charge >= 0.3 is 5.97 Å². The summed E-state index contributed by atoms with van der Waals surface area (Å²) in [6.45, 7) is 0. The number of hydrogen-bond donors (Lipinski definition) is 0. The maximum Gasteiger partial charge on any atom is 0.341 e. The molecule has 0 fully saturated rings. The lowest BCUT2D eigenvalue weighted by Crippen LogP contribution is -2.07. The summed E-state index contributed by atoms with van der Waals surface area (Å²) in [7, 11) is 1.08. The van der Waals surface area contributed by atoms with Crippen LogP contribution >= 0.6 is 0 Å². The van der Waals surface area contributed by atoms with Crippen LogP contribution in [0.2, 0.25) is 0 Å². The van der Waals surface area contributed by atoms with Gasteiger partial charge in [-0.1, -0.05) is 24.3 Å². The summed E-state index contributed by atoms with van der Waals surface area (Å²) >= 11 is 0. The molecule has 2 nitrogen and oxygen atoms in total. The summed E-state index contributed by atoms with van der Waals surface area (Å²) in [6, 6.07) is 7.16. The molecule has 0 saturated heterocycles. The zero-order chi connectivity index (χ0) is 14.0. The van der Waals surface area contributed by atoms with E-state index in [2.05, 4.69) is 4.74 Å². The van der Waals surface area contributed by atoms with Crippen molar-refractivity contribution in [3.05, 3.63) is 59.4 Å². The number of carbonyl (C=O) groups is 1. The molecule has 0 bridgehead atoms. The number of carbonyl (C=O) groups excluding carboxylic acids is 1. The van der Waals surface area contributed by atoms with Crippen molar-refractivity contribution in [2.24, 2.45) is 0 Å². The van der Waals surface area contributed by atoms with Crippen molar-refractivity contribution in [3.63, 3.8) is 0 Å². The fourth-order valence-electron chi connectivity index (χ4n) is 1.77. The van der Waals surface area contributed by atoms with Gasteiger partial charge in [-0.25, -0.2) is 18.0 Å². The van der Waals surface area contributed by atoms with Crippen LogP contribution in [0.25, 0.3) is 11.1 Å². The highest BCUT2D eigenvalue weighted by Gasteiger charge is 2.21. The second-order valence-corrected chi connectivity index (χ2v) is 3.76. The lowest BCUT2D eigenvalue weighted by atomic mass is 9.98. The van der Waals surface area contributed by atoms with E-state index in [1.165, 1.54) is 24.3 Å². The first-order valence-electron chi connectivity index (χ1n) is 5.37. The summed E-state index contributed by atoms with van der Waals surface area (Å²) in [5.41, 5.74) is -0.668. The van der Waals surface area contributed by atoms with Crippen molar-refractivity contribution < 1.29 is 22.7 Å². The van der Waals surface area contributed by atoms with Crippen LogP contribution in [-0.2, 0) is 4.74 Å². The molecule has 0 spiro atoms. The summed E-state index contributed by atoms with van der Waals surface area (Å²) in [6.07, 6.45) is 0. The van der Waals surface area contributed by atoms with Gasteiger partial charge in [0.05, 0.1) is 7.11 Å². The molecule has 2 aromatic carbocycles. The van der Waals surface area contributed by atoms with Crippen LogP contribution in [0.3, 0.4) is 0 Å². The summed E-state index contributed by atoms with van der Waals surface area (Å²) in [5.74, 6) is -4.01. The molecular formula is C14H9F3O2. The third kappa shape index (κ3) is 2.31. The Morgan fingerprint density at radius 2 is 1.53 bits per heavy atom. The lowest BCUT2D eigenvalue weighted by molar-refractivity contribution is 0.0596. The molecular weight excluding hydrogens is 257 g/mol. The van der Waals surface area contributed by atoms with E-state index in [1.54, 1.807) is 0 Å². The Balaban J connectivity index is 2.72. The van der Waals surface area contributed by atoms with Crippen molar-refractivity contribution in [2.45, 2.75) is 0 Å². The molecule has 0 amide bonds. The predicted molar refractivity (Wildman–Crippen MR) is 63.1 cm³/mol. The zero-order valence-corrected chi connectivity index (χ0v) is 9.91. The van der Waals surface area contributed by atoms with Gasteiger partial charge in [-0.2, -0.15) is 0 Å². The van der Waals surface area contributed by atoms with Crippen molar-refractivity contribution in [3.8, 4) is 11.1 Å². The molecule has 0 aliphatic carbocycles. The Morgan fingerprint density at radius 1 is 0.947 bits per heavy atom. The first-order chi connectivity index (χ1) is 9.06. The van der Waals surface area contributed by atoms with E-state index >= 15 is 0 Å². The van der Waals surface area contributed by atoms with Gasteiger partial charge in [-0.3, -0.25) is 0 Å². The van der Waals surface area contributed by atoms with E-state index in [0.29, 0.717) is 0 Å². The molecule has 0 atom stereocenters. The van der Waals surface area contributed by atoms with Gasteiger partial charge in [-0.15, -0.1) is 0 Å². The van der Waals surface area contributed by atoms with Crippen LogP contribution in [0.5, 0.6) is 0 Å². The molecule has 0 N–H and O–H groups in total. The Labute approximate surface area is 107 Å². The Kier molecular flexibility index (Phi) is 3.55. The van der Waals surface area contributed by atoms with E-state index in [1.807, 2.05) is 0 Å². The maximum absolute atomic E-state index is 13.7. The number of halogens is 3. The second-order valence-electron chi connectivity index (χ2n) is 3.76. The van der Waals surface area contributed by atoms with Crippen LogP contribution in [0, 0.1) is 17.5 Å². The van der Waals surface area contributed by atoms with E-state index in [-0.39, 0.29) is 11.1 Å². The molecule has 0 saturated carbocycles. The van der Waals surface area contributed by atoms with E-state index in [0.717, 1.165) is 19.2 Å². The molecule has 0 aromatic heterocycles. The fraction of sp³-hybridized carbons (Fsp3) is 0.0714. The van der Waals surface area contributed by atoms with Crippen molar-refractivity contribution in [1.82, 2.24) is 0 Å². The fourth-order valence-corrected chi connectivity index (χ4v) is 1.77. The van der Waals surface area contributed by atoms with Gasteiger partial charge in [0.2, 0.25) is 0 Å². The maximum atomic E-state index is 13.7. The quantitative estimate of drug-likeness (QED) is 0.777. The Bertz CT molecular complexity index is 639. The third-order valence-electron chi connectivity index (χ3n) is 2.64. The SMILES string of the molecule is COC(=O)c1c(F)cccc1-c1cccc(F)c1F. The molecule has 5 heteroatoms. The summed E-state index contributed by atoms with van der Waals surface area (Å²) in [4.78, 5) is 11.5. The normalized spacial score (nSPS) is 10.3. The molecule has 98 valence electrons. The van der Waals surface area contributed by atoms with Gasteiger partial charge in [0.25, 0.3) is 0 Å². The zero-order valence-electron chi connectivity index (χ0n) is 9.91. The van der Waals surface area contributed by atoms with Crippen molar-refractivity contribution in [1.29, 1.82) is 0 Å². The van der Waals surface area contributed by atoms with E-state index in [9.17, 15) is 18.0 Å². The number of ether oxygens (including phenoxy) is 1. The van der Waals surface area contributed by atoms with Crippen LogP contribution in [0.1, 0.15) is 10.4 Å². The van der Waals surface area contributed by atoms with Crippen LogP contribution < -0.4 is 0 Å². The minimum absolute atomic E-state index is 0.0520. The predicted octanol–water partition coefficient (Wildman–Crippen LogP) is 3.56. The molecule has 0 heterocycles. The smallest absolute Gasteiger partial charge is 0.341 e. The summed E-state index contributed by atoms with van der Waals surface area (Å²) in [5, 5.41) is 0. The Hall–Kier alpha value is -2.30. The van der Waals surface area contributed by atoms with Gasteiger partial charge in [0.15, 0.2) is 11.6 Å². The highest BCUT2D eigenvalue weighted by Crippen LogP contribution is 2.29. The Morgan fingerprint density at radius 3 is 2.16 bits per heavy atom. The molecule has 0 aliphatic rings. The van der Waals surface area contributed by atoms with Gasteiger partial charge < -0.3 is 4.74 Å². The largest absolute Gasteiger partial charge is 0.465 e. The highest BCUT2D eigenvalue weighted by molar-refractivity contribution is 5.97. The van der Waals surface area contributed by atoms with Crippen molar-refractivity contribution in [2.75, 3.05) is 7.11 Å². The van der Waals surface area contributed by atoms with Crippen LogP contribution in [0.15, 0.2) is 36.4 Å². The van der Waals surface area contributed by atoms with Gasteiger partial charge in [-0.05, 0) is 12.1 Å². The lowest BCUT2D eigenvalue weighted by Gasteiger charge is -2.10. The standard InChI is InChI=1S/C14H9F3O2/c1-19-14(18)12-8(4-2-6-10(12)15)9-5-3-7-11(16)13(9)17/h2-7H,1H3. The first kappa shape index (κ1) is 13.1. The minimum atomic E-state index is -1.14. The number of methoxy groups -OCH3 is 1. The molecule has 2 rings (SSSR count). The van der Waals surface area contributed by atoms with E-state index in [4.69, 9.17) is 0 Å². The van der Waals surface area contributed by atoms with E-state index < -0.39 is 29.0 Å². The highest BCUT2D eigenvalue weighted by atomic mass is 19.2. The molecule has 19 heavy (non-hydrogen) atoms. The van der Waals surface area contributed by atoms with Crippen LogP contribution in [0.4, 0.5) is 13.2 Å². The topological polar surface area (TPSA) is 26.3 Å². The monoisotopic (exact) mass is 266 g/mol. The second kappa shape index (κ2) is 5.14. The third-order valence-corrected chi connectivity index (χ3v) is 2.64. The van der Waals surface area contributed by atoms with Crippen molar-refractivity contribution >= 4 is 5.97 Å². The van der Waals surface area contributed by atoms with Crippen LogP contribution in [-0.4, -0.2) is 13.1 Å². The first-order valence-corrected chi connectivity index (χ1v) is 5.37. The number of rotatable bonds is 2. The molecule has 0 aliphatic heterocycles. The minimum Gasteiger partial charge on any atom is -0.465 e. The average Bonchev–Trinajstić information content (AvgIpc) is 2.41. The number of esters is 1. The molecule has 2 aromatic rings. The summed E-state index contributed by atoms with van der Waals surface area (Å²) < 4.78 is 45.1. The number of benzene rings is 2. The molecule has 0 radical (unpaired) electrons.